The fourth-order valence-electron chi connectivity index (χ4n) is 1.73. The van der Waals surface area contributed by atoms with Crippen LogP contribution in [0, 0.1) is 11.8 Å². The summed E-state index contributed by atoms with van der Waals surface area (Å²) in [5, 5.41) is 6.15. The molecule has 0 radical (unpaired) electrons. The van der Waals surface area contributed by atoms with Crippen LogP contribution in [0.25, 0.3) is 0 Å². The molecule has 1 heterocycles. The number of ether oxygens (including phenoxy) is 1. The molecule has 4 heteroatoms. The summed E-state index contributed by atoms with van der Waals surface area (Å²) in [5.41, 5.74) is 0. The third-order valence-electron chi connectivity index (χ3n) is 3.12. The van der Waals surface area contributed by atoms with Crippen LogP contribution in [0.15, 0.2) is 30.3 Å². The number of rotatable bonds is 6. The molecule has 0 saturated carbocycles. The maximum absolute atomic E-state index is 11.8. The van der Waals surface area contributed by atoms with Crippen molar-refractivity contribution in [2.45, 2.75) is 6.92 Å². The first kappa shape index (κ1) is 12.9. The van der Waals surface area contributed by atoms with Crippen LogP contribution < -0.4 is 15.4 Å². The fourth-order valence-corrected chi connectivity index (χ4v) is 1.73. The molecule has 1 unspecified atom stereocenters. The average molecular weight is 248 g/mol. The molecule has 0 aromatic heterocycles. The summed E-state index contributed by atoms with van der Waals surface area (Å²) < 4.78 is 5.56. The Balaban J connectivity index is 1.66. The normalized spacial score (nSPS) is 16.7. The summed E-state index contributed by atoms with van der Waals surface area (Å²) >= 11 is 0. The first-order valence-electron chi connectivity index (χ1n) is 6.42. The lowest BCUT2D eigenvalue weighted by molar-refractivity contribution is -0.125. The van der Waals surface area contributed by atoms with E-state index in [0.717, 1.165) is 25.4 Å². The Bertz CT molecular complexity index is 377. The van der Waals surface area contributed by atoms with Crippen molar-refractivity contribution >= 4 is 5.91 Å². The van der Waals surface area contributed by atoms with Crippen LogP contribution in [0.5, 0.6) is 5.75 Å². The van der Waals surface area contributed by atoms with Crippen LogP contribution in [0.3, 0.4) is 0 Å². The van der Waals surface area contributed by atoms with Crippen molar-refractivity contribution in [1.29, 1.82) is 0 Å². The van der Waals surface area contributed by atoms with E-state index in [1.54, 1.807) is 0 Å². The number of benzene rings is 1. The van der Waals surface area contributed by atoms with Crippen LogP contribution in [-0.2, 0) is 4.79 Å². The highest BCUT2D eigenvalue weighted by Gasteiger charge is 2.19. The number of carbonyl (C=O) groups excluding carboxylic acids is 1. The van der Waals surface area contributed by atoms with Gasteiger partial charge in [-0.25, -0.2) is 0 Å². The lowest BCUT2D eigenvalue weighted by atomic mass is 10.0. The lowest BCUT2D eigenvalue weighted by Gasteiger charge is -2.27. The average Bonchev–Trinajstić information content (AvgIpc) is 2.35. The maximum Gasteiger partial charge on any atom is 0.226 e. The van der Waals surface area contributed by atoms with Crippen LogP contribution in [0.1, 0.15) is 6.92 Å². The van der Waals surface area contributed by atoms with Crippen molar-refractivity contribution in [2.75, 3.05) is 26.2 Å². The lowest BCUT2D eigenvalue weighted by Crippen LogP contribution is -2.49. The van der Waals surface area contributed by atoms with Crippen molar-refractivity contribution in [3.05, 3.63) is 30.3 Å². The van der Waals surface area contributed by atoms with E-state index >= 15 is 0 Å². The molecule has 2 N–H and O–H groups in total. The van der Waals surface area contributed by atoms with E-state index in [9.17, 15) is 4.79 Å². The molecule has 1 amide bonds. The quantitative estimate of drug-likeness (QED) is 0.791. The van der Waals surface area contributed by atoms with Crippen molar-refractivity contribution in [3.8, 4) is 5.75 Å². The van der Waals surface area contributed by atoms with Crippen molar-refractivity contribution in [1.82, 2.24) is 10.6 Å². The Morgan fingerprint density at radius 1 is 1.44 bits per heavy atom. The molecule has 1 aromatic rings. The SMILES string of the molecule is CC(COc1ccccc1)C(=O)NCC1CNC1. The molecule has 18 heavy (non-hydrogen) atoms. The van der Waals surface area contributed by atoms with Crippen LogP contribution in [-0.4, -0.2) is 32.1 Å². The van der Waals surface area contributed by atoms with Crippen molar-refractivity contribution in [3.63, 3.8) is 0 Å². The topological polar surface area (TPSA) is 50.4 Å². The number of amides is 1. The van der Waals surface area contributed by atoms with Crippen LogP contribution in [0.4, 0.5) is 0 Å². The standard InChI is InChI=1S/C14H20N2O2/c1-11(10-18-13-5-3-2-4-6-13)14(17)16-9-12-7-15-8-12/h2-6,11-12,15H,7-10H2,1H3,(H,16,17). The monoisotopic (exact) mass is 248 g/mol. The van der Waals surface area contributed by atoms with E-state index < -0.39 is 0 Å². The molecule has 0 aliphatic carbocycles. The maximum atomic E-state index is 11.8. The zero-order chi connectivity index (χ0) is 12.8. The minimum atomic E-state index is -0.127. The zero-order valence-electron chi connectivity index (χ0n) is 10.7. The van der Waals surface area contributed by atoms with Gasteiger partial charge >= 0.3 is 0 Å². The number of hydrogen-bond donors (Lipinski definition) is 2. The van der Waals surface area contributed by atoms with Gasteiger partial charge in [0.05, 0.1) is 12.5 Å². The Morgan fingerprint density at radius 3 is 2.78 bits per heavy atom. The van der Waals surface area contributed by atoms with E-state index in [-0.39, 0.29) is 11.8 Å². The number of nitrogens with one attached hydrogen (secondary N) is 2. The second-order valence-corrected chi connectivity index (χ2v) is 4.79. The van der Waals surface area contributed by atoms with Gasteiger partial charge in [0, 0.05) is 25.6 Å². The molecule has 1 atom stereocenters. The largest absolute Gasteiger partial charge is 0.493 e. The molecular weight excluding hydrogens is 228 g/mol. The van der Waals surface area contributed by atoms with E-state index in [0.29, 0.717) is 12.5 Å². The Labute approximate surface area is 108 Å². The summed E-state index contributed by atoms with van der Waals surface area (Å²) in [5.74, 6) is 1.34. The summed E-state index contributed by atoms with van der Waals surface area (Å²) in [7, 11) is 0. The Hall–Kier alpha value is -1.55. The first-order chi connectivity index (χ1) is 8.75. The van der Waals surface area contributed by atoms with Gasteiger partial charge in [-0.1, -0.05) is 25.1 Å². The highest BCUT2D eigenvalue weighted by atomic mass is 16.5. The predicted molar refractivity (Wildman–Crippen MR) is 70.5 cm³/mol. The number of para-hydroxylation sites is 1. The molecule has 0 bridgehead atoms. The zero-order valence-corrected chi connectivity index (χ0v) is 10.7. The van der Waals surface area contributed by atoms with Gasteiger partial charge in [0.25, 0.3) is 0 Å². The Kier molecular flexibility index (Phi) is 4.59. The van der Waals surface area contributed by atoms with Gasteiger partial charge in [-0.15, -0.1) is 0 Å². The third-order valence-corrected chi connectivity index (χ3v) is 3.12. The fraction of sp³-hybridized carbons (Fsp3) is 0.500. The van der Waals surface area contributed by atoms with Gasteiger partial charge in [0.2, 0.25) is 5.91 Å². The van der Waals surface area contributed by atoms with Gasteiger partial charge in [-0.3, -0.25) is 4.79 Å². The highest BCUT2D eigenvalue weighted by Crippen LogP contribution is 2.10. The van der Waals surface area contributed by atoms with Crippen molar-refractivity contribution < 1.29 is 9.53 Å². The van der Waals surface area contributed by atoms with Crippen LogP contribution >= 0.6 is 0 Å². The molecular formula is C14H20N2O2. The minimum absolute atomic E-state index is 0.0674. The van der Waals surface area contributed by atoms with E-state index in [4.69, 9.17) is 4.74 Å². The molecule has 1 saturated heterocycles. The molecule has 0 spiro atoms. The summed E-state index contributed by atoms with van der Waals surface area (Å²) in [6.07, 6.45) is 0. The first-order valence-corrected chi connectivity index (χ1v) is 6.42. The molecule has 98 valence electrons. The summed E-state index contributed by atoms with van der Waals surface area (Å²) in [4.78, 5) is 11.8. The van der Waals surface area contributed by atoms with E-state index in [1.165, 1.54) is 0 Å². The van der Waals surface area contributed by atoms with Gasteiger partial charge < -0.3 is 15.4 Å². The molecule has 4 nitrogen and oxygen atoms in total. The van der Waals surface area contributed by atoms with Gasteiger partial charge in [-0.05, 0) is 12.1 Å². The molecule has 1 aromatic carbocycles. The van der Waals surface area contributed by atoms with E-state index in [2.05, 4.69) is 10.6 Å². The van der Waals surface area contributed by atoms with Gasteiger partial charge in [-0.2, -0.15) is 0 Å². The van der Waals surface area contributed by atoms with Crippen LogP contribution in [0.2, 0.25) is 0 Å². The summed E-state index contributed by atoms with van der Waals surface area (Å²) in [6, 6.07) is 9.57. The predicted octanol–water partition coefficient (Wildman–Crippen LogP) is 1.04. The summed E-state index contributed by atoms with van der Waals surface area (Å²) in [6.45, 7) is 5.09. The third kappa shape index (κ3) is 3.74. The minimum Gasteiger partial charge on any atom is -0.493 e. The Morgan fingerprint density at radius 2 is 2.17 bits per heavy atom. The molecule has 1 fully saturated rings. The highest BCUT2D eigenvalue weighted by molar-refractivity contribution is 5.78. The molecule has 1 aliphatic heterocycles. The van der Waals surface area contributed by atoms with Gasteiger partial charge in [0.15, 0.2) is 0 Å². The molecule has 2 rings (SSSR count). The number of carbonyl (C=O) groups is 1. The second kappa shape index (κ2) is 6.40. The second-order valence-electron chi connectivity index (χ2n) is 4.79. The van der Waals surface area contributed by atoms with Gasteiger partial charge in [0.1, 0.15) is 5.75 Å². The smallest absolute Gasteiger partial charge is 0.226 e. The van der Waals surface area contributed by atoms with E-state index in [1.807, 2.05) is 37.3 Å². The molecule has 1 aliphatic rings. The number of hydrogen-bond acceptors (Lipinski definition) is 3. The van der Waals surface area contributed by atoms with Crippen molar-refractivity contribution in [2.24, 2.45) is 11.8 Å².